The largest absolute Gasteiger partial charge is 0.497 e. The molecular formula is C19H21FO. The zero-order valence-corrected chi connectivity index (χ0v) is 12.9. The summed E-state index contributed by atoms with van der Waals surface area (Å²) in [5.74, 6) is 0.503. The number of halogens is 1. The van der Waals surface area contributed by atoms with E-state index in [-0.39, 0.29) is 11.2 Å². The lowest BCUT2D eigenvalue weighted by Gasteiger charge is -2.18. The van der Waals surface area contributed by atoms with Gasteiger partial charge in [0.2, 0.25) is 0 Å². The Hall–Kier alpha value is -1.83. The zero-order chi connectivity index (χ0) is 15.0. The number of aryl methyl sites for hydroxylation is 1. The lowest BCUT2D eigenvalue weighted by atomic mass is 9.87. The first-order valence-corrected chi connectivity index (χ1v) is 7.55. The fourth-order valence-corrected chi connectivity index (χ4v) is 2.84. The summed E-state index contributed by atoms with van der Waals surface area (Å²) >= 11 is 0. The zero-order valence-electron chi connectivity index (χ0n) is 12.9. The van der Waals surface area contributed by atoms with Crippen molar-refractivity contribution in [3.05, 3.63) is 53.3 Å². The van der Waals surface area contributed by atoms with Gasteiger partial charge in [-0.3, -0.25) is 0 Å². The van der Waals surface area contributed by atoms with E-state index in [1.54, 1.807) is 19.2 Å². The molecule has 1 fully saturated rings. The second-order valence-electron chi connectivity index (χ2n) is 6.14. The van der Waals surface area contributed by atoms with Crippen LogP contribution in [-0.2, 0) is 11.8 Å². The molecule has 0 heterocycles. The number of methoxy groups -OCH3 is 1. The van der Waals surface area contributed by atoms with Crippen LogP contribution in [0.1, 0.15) is 37.8 Å². The van der Waals surface area contributed by atoms with Crippen LogP contribution in [0, 0.1) is 5.82 Å². The van der Waals surface area contributed by atoms with Crippen LogP contribution < -0.4 is 4.74 Å². The molecule has 1 saturated carbocycles. The van der Waals surface area contributed by atoms with Gasteiger partial charge in [-0.25, -0.2) is 4.39 Å². The van der Waals surface area contributed by atoms with Gasteiger partial charge in [0.15, 0.2) is 0 Å². The molecule has 1 aliphatic carbocycles. The first kappa shape index (κ1) is 14.1. The molecule has 0 N–H and O–H groups in total. The number of hydrogen-bond donors (Lipinski definition) is 0. The number of ether oxygens (including phenoxy) is 1. The Morgan fingerprint density at radius 2 is 1.86 bits per heavy atom. The molecule has 110 valence electrons. The molecule has 2 aromatic rings. The Bertz CT molecular complexity index is 671. The van der Waals surface area contributed by atoms with Gasteiger partial charge in [-0.15, -0.1) is 0 Å². The van der Waals surface area contributed by atoms with Crippen LogP contribution in [0.5, 0.6) is 5.75 Å². The fraction of sp³-hybridized carbons (Fsp3) is 0.368. The second kappa shape index (κ2) is 5.18. The molecule has 0 unspecified atom stereocenters. The van der Waals surface area contributed by atoms with E-state index in [1.165, 1.54) is 30.0 Å². The highest BCUT2D eigenvalue weighted by atomic mass is 19.1. The maximum absolute atomic E-state index is 14.3. The van der Waals surface area contributed by atoms with Crippen LogP contribution in [0.15, 0.2) is 36.4 Å². The predicted octanol–water partition coefficient (Wildman–Crippen LogP) is 5.12. The average Bonchev–Trinajstić information content (AvgIpc) is 3.26. The van der Waals surface area contributed by atoms with Crippen molar-refractivity contribution in [3.8, 4) is 16.9 Å². The predicted molar refractivity (Wildman–Crippen MR) is 84.4 cm³/mol. The summed E-state index contributed by atoms with van der Waals surface area (Å²) in [6, 6.07) is 11.4. The Morgan fingerprint density at radius 3 is 2.48 bits per heavy atom. The summed E-state index contributed by atoms with van der Waals surface area (Å²) < 4.78 is 19.6. The summed E-state index contributed by atoms with van der Waals surface area (Å²) in [5.41, 5.74) is 4.43. The highest BCUT2D eigenvalue weighted by Gasteiger charge is 2.41. The van der Waals surface area contributed by atoms with Crippen molar-refractivity contribution in [2.75, 3.05) is 7.11 Å². The third-order valence-corrected chi connectivity index (χ3v) is 4.61. The van der Waals surface area contributed by atoms with Gasteiger partial charge in [0.1, 0.15) is 11.6 Å². The summed E-state index contributed by atoms with van der Waals surface area (Å²) in [7, 11) is 1.61. The monoisotopic (exact) mass is 284 g/mol. The van der Waals surface area contributed by atoms with Gasteiger partial charge >= 0.3 is 0 Å². The average molecular weight is 284 g/mol. The molecule has 3 rings (SSSR count). The van der Waals surface area contributed by atoms with E-state index in [4.69, 9.17) is 4.74 Å². The van der Waals surface area contributed by atoms with Crippen molar-refractivity contribution in [1.29, 1.82) is 0 Å². The molecular weight excluding hydrogens is 263 g/mol. The normalized spacial score (nSPS) is 15.8. The van der Waals surface area contributed by atoms with E-state index in [2.05, 4.69) is 32.0 Å². The first-order valence-electron chi connectivity index (χ1n) is 7.55. The molecule has 0 radical (unpaired) electrons. The maximum atomic E-state index is 14.3. The van der Waals surface area contributed by atoms with Gasteiger partial charge in [0, 0.05) is 5.56 Å². The molecule has 1 aliphatic rings. The smallest absolute Gasteiger partial charge is 0.131 e. The quantitative estimate of drug-likeness (QED) is 0.757. The topological polar surface area (TPSA) is 9.23 Å². The van der Waals surface area contributed by atoms with Crippen molar-refractivity contribution in [2.45, 2.75) is 38.5 Å². The molecule has 0 saturated heterocycles. The molecule has 0 bridgehead atoms. The molecule has 21 heavy (non-hydrogen) atoms. The fourth-order valence-electron chi connectivity index (χ4n) is 2.84. The lowest BCUT2D eigenvalue weighted by Crippen LogP contribution is -2.04. The lowest BCUT2D eigenvalue weighted by molar-refractivity contribution is 0.414. The minimum absolute atomic E-state index is 0.189. The molecule has 0 aliphatic heterocycles. The van der Waals surface area contributed by atoms with Crippen LogP contribution in [-0.4, -0.2) is 7.11 Å². The highest BCUT2D eigenvalue weighted by Crippen LogP contribution is 2.51. The Labute approximate surface area is 125 Å². The van der Waals surface area contributed by atoms with E-state index in [0.717, 1.165) is 12.0 Å². The molecule has 0 aromatic heterocycles. The van der Waals surface area contributed by atoms with Crippen LogP contribution in [0.25, 0.3) is 11.1 Å². The van der Waals surface area contributed by atoms with Crippen molar-refractivity contribution in [2.24, 2.45) is 0 Å². The molecule has 2 aromatic carbocycles. The van der Waals surface area contributed by atoms with E-state index < -0.39 is 0 Å². The highest BCUT2D eigenvalue weighted by molar-refractivity contribution is 5.72. The summed E-state index contributed by atoms with van der Waals surface area (Å²) in [6.45, 7) is 4.42. The minimum atomic E-state index is -0.189. The van der Waals surface area contributed by atoms with Crippen molar-refractivity contribution in [3.63, 3.8) is 0 Å². The van der Waals surface area contributed by atoms with E-state index in [9.17, 15) is 4.39 Å². The van der Waals surface area contributed by atoms with E-state index >= 15 is 0 Å². The summed E-state index contributed by atoms with van der Waals surface area (Å²) in [6.07, 6.45) is 3.36. The Balaban J connectivity index is 2.18. The molecule has 2 heteroatoms. The van der Waals surface area contributed by atoms with Crippen LogP contribution in [0.4, 0.5) is 4.39 Å². The van der Waals surface area contributed by atoms with Crippen LogP contribution >= 0.6 is 0 Å². The van der Waals surface area contributed by atoms with Gasteiger partial charge < -0.3 is 4.74 Å². The van der Waals surface area contributed by atoms with Gasteiger partial charge in [-0.05, 0) is 59.6 Å². The van der Waals surface area contributed by atoms with Crippen molar-refractivity contribution in [1.82, 2.24) is 0 Å². The third kappa shape index (κ3) is 2.55. The molecule has 1 nitrogen and oxygen atoms in total. The number of benzene rings is 2. The summed E-state index contributed by atoms with van der Waals surface area (Å²) in [5, 5.41) is 0. The van der Waals surface area contributed by atoms with Crippen molar-refractivity contribution < 1.29 is 9.13 Å². The van der Waals surface area contributed by atoms with Gasteiger partial charge in [-0.2, -0.15) is 0 Å². The standard InChI is InChI=1S/C19H21FO/c1-4-13-5-7-15(17(11-13)19(2)9-10-19)16-12-14(21-3)6-8-18(16)20/h5-8,11-12H,4,9-10H2,1-3H3. The second-order valence-corrected chi connectivity index (χ2v) is 6.14. The van der Waals surface area contributed by atoms with Crippen LogP contribution in [0.2, 0.25) is 0 Å². The van der Waals surface area contributed by atoms with Crippen LogP contribution in [0.3, 0.4) is 0 Å². The summed E-state index contributed by atoms with van der Waals surface area (Å²) in [4.78, 5) is 0. The number of rotatable bonds is 4. The first-order chi connectivity index (χ1) is 10.1. The van der Waals surface area contributed by atoms with Gasteiger partial charge in [-0.1, -0.05) is 32.0 Å². The maximum Gasteiger partial charge on any atom is 0.131 e. The van der Waals surface area contributed by atoms with E-state index in [0.29, 0.717) is 11.3 Å². The molecule has 0 spiro atoms. The number of hydrogen-bond acceptors (Lipinski definition) is 1. The molecule has 0 amide bonds. The minimum Gasteiger partial charge on any atom is -0.497 e. The third-order valence-electron chi connectivity index (χ3n) is 4.61. The van der Waals surface area contributed by atoms with Gasteiger partial charge in [0.05, 0.1) is 7.11 Å². The Morgan fingerprint density at radius 1 is 1.10 bits per heavy atom. The molecule has 0 atom stereocenters. The SMILES string of the molecule is CCc1ccc(-c2cc(OC)ccc2F)c(C2(C)CC2)c1. The van der Waals surface area contributed by atoms with E-state index in [1.807, 2.05) is 0 Å². The Kier molecular flexibility index (Phi) is 3.48. The van der Waals surface area contributed by atoms with Crippen molar-refractivity contribution >= 4 is 0 Å². The van der Waals surface area contributed by atoms with Gasteiger partial charge in [0.25, 0.3) is 0 Å².